The average Bonchev–Trinajstić information content (AvgIpc) is 4.02. The van der Waals surface area contributed by atoms with Crippen LogP contribution in [0.1, 0.15) is 52.4 Å². The Morgan fingerprint density at radius 1 is 0.267 bits per heavy atom. The number of fused-ring (bicyclic) bond motifs is 20. The number of nitrogens with zero attached hydrogens (tertiary/aromatic N) is 4. The smallest absolute Gasteiger partial charge is 0.0578 e. The normalized spacial score (nSPS) is 12.5. The minimum absolute atomic E-state index is 0.959. The summed E-state index contributed by atoms with van der Waals surface area (Å²) in [6.45, 7) is 8.57. The summed E-state index contributed by atoms with van der Waals surface area (Å²) in [6, 6.07) is 55.0. The molecule has 12 rings (SSSR count). The quantitative estimate of drug-likeness (QED) is 0.117. The van der Waals surface area contributed by atoms with E-state index in [1.54, 1.807) is 0 Å². The predicted molar refractivity (Wildman–Crippen MR) is 259 cm³/mol. The standard InChI is InChI=1S/C56H50N4/c1-3-5-33-57-45-29-15-11-25-41(45)49-51-43-27-13-17-31-47(43)59(55(51)39-23-9-7-21-37(39)53(49)57)35-19-20-36-60-48-32-18-14-28-44(48)52-50-42-26-12-16-30-46(42)58(34-6-4-2)54(50)38-22-8-10-24-40(38)56(52)60/h7-18,21-32H,3-6,19-20,33-36H2,1-2H3. The Morgan fingerprint density at radius 2 is 0.483 bits per heavy atom. The summed E-state index contributed by atoms with van der Waals surface area (Å²) in [5, 5.41) is 16.5. The lowest BCUT2D eigenvalue weighted by molar-refractivity contribution is 0.584. The first-order valence-electron chi connectivity index (χ1n) is 22.4. The third kappa shape index (κ3) is 4.97. The highest BCUT2D eigenvalue weighted by molar-refractivity contribution is 6.38. The maximum absolute atomic E-state index is 2.67. The van der Waals surface area contributed by atoms with Crippen LogP contribution < -0.4 is 0 Å². The summed E-state index contributed by atoms with van der Waals surface area (Å²) in [5.74, 6) is 0. The fourth-order valence-electron chi connectivity index (χ4n) is 11.2. The molecule has 4 heterocycles. The van der Waals surface area contributed by atoms with Gasteiger partial charge in [-0.3, -0.25) is 0 Å². The van der Waals surface area contributed by atoms with Gasteiger partial charge in [0.15, 0.2) is 0 Å². The highest BCUT2D eigenvalue weighted by atomic mass is 15.0. The molecule has 8 aromatic carbocycles. The van der Waals surface area contributed by atoms with E-state index in [1.807, 2.05) is 0 Å². The predicted octanol–water partition coefficient (Wildman–Crippen LogP) is 15.5. The molecular formula is C56H50N4. The van der Waals surface area contributed by atoms with Crippen molar-refractivity contribution >= 4 is 109 Å². The molecule has 0 saturated heterocycles. The van der Waals surface area contributed by atoms with Crippen molar-refractivity contribution in [2.75, 3.05) is 0 Å². The minimum atomic E-state index is 0.959. The number of rotatable bonds is 11. The number of aromatic nitrogens is 4. The van der Waals surface area contributed by atoms with Crippen LogP contribution in [0.5, 0.6) is 0 Å². The molecule has 0 radical (unpaired) electrons. The van der Waals surface area contributed by atoms with Gasteiger partial charge < -0.3 is 18.3 Å². The maximum atomic E-state index is 2.67. The first-order valence-corrected chi connectivity index (χ1v) is 22.4. The Labute approximate surface area is 349 Å². The van der Waals surface area contributed by atoms with Crippen LogP contribution >= 0.6 is 0 Å². The lowest BCUT2D eigenvalue weighted by Gasteiger charge is -2.14. The second kappa shape index (κ2) is 14.1. The van der Waals surface area contributed by atoms with Crippen LogP contribution in [0.4, 0.5) is 0 Å². The molecule has 294 valence electrons. The highest BCUT2D eigenvalue weighted by Gasteiger charge is 2.25. The van der Waals surface area contributed by atoms with Gasteiger partial charge in [-0.05, 0) is 49.9 Å². The van der Waals surface area contributed by atoms with Crippen LogP contribution in [-0.2, 0) is 26.2 Å². The zero-order chi connectivity index (χ0) is 39.9. The SMILES string of the molecule is CCCCn1c2ccccc2c2c3c4ccccc4n(CCCCn4c5ccccc5c5c6c7ccccc7n(CCCC)c6c6ccccc6c54)c3c3ccccc3c21. The molecule has 0 atom stereocenters. The van der Waals surface area contributed by atoms with Crippen molar-refractivity contribution < 1.29 is 0 Å². The second-order valence-corrected chi connectivity index (χ2v) is 17.1. The van der Waals surface area contributed by atoms with Crippen LogP contribution in [0.3, 0.4) is 0 Å². The molecule has 0 N–H and O–H groups in total. The van der Waals surface area contributed by atoms with Crippen molar-refractivity contribution in [1.82, 2.24) is 18.3 Å². The van der Waals surface area contributed by atoms with Crippen molar-refractivity contribution in [2.45, 2.75) is 78.6 Å². The van der Waals surface area contributed by atoms with Crippen molar-refractivity contribution in [2.24, 2.45) is 0 Å². The van der Waals surface area contributed by atoms with Crippen LogP contribution in [-0.4, -0.2) is 18.3 Å². The zero-order valence-corrected chi connectivity index (χ0v) is 34.7. The van der Waals surface area contributed by atoms with Crippen molar-refractivity contribution in [3.63, 3.8) is 0 Å². The lowest BCUT2D eigenvalue weighted by Crippen LogP contribution is -2.03. The first-order chi connectivity index (χ1) is 29.8. The molecule has 0 saturated carbocycles. The van der Waals surface area contributed by atoms with Gasteiger partial charge in [0.2, 0.25) is 0 Å². The summed E-state index contributed by atoms with van der Waals surface area (Å²) in [6.07, 6.45) is 6.82. The van der Waals surface area contributed by atoms with Gasteiger partial charge >= 0.3 is 0 Å². The molecule has 0 spiro atoms. The zero-order valence-electron chi connectivity index (χ0n) is 34.7. The molecule has 4 heteroatoms. The summed E-state index contributed by atoms with van der Waals surface area (Å²) < 4.78 is 10.6. The molecule has 4 nitrogen and oxygen atoms in total. The Bertz CT molecular complexity index is 3400. The maximum Gasteiger partial charge on any atom is 0.0578 e. The van der Waals surface area contributed by atoms with Gasteiger partial charge in [-0.1, -0.05) is 148 Å². The van der Waals surface area contributed by atoms with E-state index in [4.69, 9.17) is 0 Å². The molecule has 12 aromatic rings. The fourth-order valence-corrected chi connectivity index (χ4v) is 11.2. The molecule has 0 unspecified atom stereocenters. The molecule has 0 bridgehead atoms. The van der Waals surface area contributed by atoms with E-state index in [0.717, 1.165) is 51.9 Å². The summed E-state index contributed by atoms with van der Waals surface area (Å²) in [5.41, 5.74) is 10.9. The number of para-hydroxylation sites is 4. The molecule has 0 amide bonds. The van der Waals surface area contributed by atoms with Gasteiger partial charge in [0.25, 0.3) is 0 Å². The van der Waals surface area contributed by atoms with Gasteiger partial charge in [0.05, 0.1) is 22.1 Å². The van der Waals surface area contributed by atoms with Gasteiger partial charge in [-0.15, -0.1) is 0 Å². The third-order valence-electron chi connectivity index (χ3n) is 13.7. The Hall–Kier alpha value is -6.52. The average molecular weight is 779 g/mol. The van der Waals surface area contributed by atoms with Gasteiger partial charge in [0.1, 0.15) is 0 Å². The topological polar surface area (TPSA) is 19.7 Å². The molecule has 0 aliphatic carbocycles. The lowest BCUT2D eigenvalue weighted by atomic mass is 9.99. The van der Waals surface area contributed by atoms with Crippen molar-refractivity contribution in [1.29, 1.82) is 0 Å². The Morgan fingerprint density at radius 3 is 0.733 bits per heavy atom. The van der Waals surface area contributed by atoms with Crippen LogP contribution in [0, 0.1) is 0 Å². The van der Waals surface area contributed by atoms with Crippen LogP contribution in [0.25, 0.3) is 109 Å². The fraction of sp³-hybridized carbons (Fsp3) is 0.214. The van der Waals surface area contributed by atoms with E-state index in [-0.39, 0.29) is 0 Å². The van der Waals surface area contributed by atoms with Gasteiger partial charge in [-0.25, -0.2) is 0 Å². The number of aryl methyl sites for hydroxylation is 4. The van der Waals surface area contributed by atoms with E-state index in [9.17, 15) is 0 Å². The Balaban J connectivity index is 1.02. The van der Waals surface area contributed by atoms with E-state index in [1.165, 1.54) is 122 Å². The van der Waals surface area contributed by atoms with E-state index >= 15 is 0 Å². The molecular weight excluding hydrogens is 729 g/mol. The first kappa shape index (κ1) is 35.4. The van der Waals surface area contributed by atoms with Crippen LogP contribution in [0.15, 0.2) is 146 Å². The minimum Gasteiger partial charge on any atom is -0.340 e. The second-order valence-electron chi connectivity index (χ2n) is 17.1. The Kier molecular flexibility index (Phi) is 8.30. The van der Waals surface area contributed by atoms with E-state index in [2.05, 4.69) is 178 Å². The largest absolute Gasteiger partial charge is 0.340 e. The van der Waals surface area contributed by atoms with Crippen molar-refractivity contribution in [3.8, 4) is 0 Å². The van der Waals surface area contributed by atoms with E-state index in [0.29, 0.717) is 0 Å². The monoisotopic (exact) mass is 778 g/mol. The summed E-state index contributed by atoms with van der Waals surface area (Å²) in [7, 11) is 0. The number of benzene rings is 8. The van der Waals surface area contributed by atoms with Gasteiger partial charge in [0, 0.05) is 113 Å². The van der Waals surface area contributed by atoms with Crippen molar-refractivity contribution in [3.05, 3.63) is 146 Å². The molecule has 0 aliphatic heterocycles. The summed E-state index contributed by atoms with van der Waals surface area (Å²) >= 11 is 0. The third-order valence-corrected chi connectivity index (χ3v) is 13.7. The van der Waals surface area contributed by atoms with Crippen LogP contribution in [0.2, 0.25) is 0 Å². The number of hydrogen-bond donors (Lipinski definition) is 0. The highest BCUT2D eigenvalue weighted by Crippen LogP contribution is 2.47. The van der Waals surface area contributed by atoms with E-state index < -0.39 is 0 Å². The van der Waals surface area contributed by atoms with Gasteiger partial charge in [-0.2, -0.15) is 0 Å². The molecule has 0 fully saturated rings. The molecule has 0 aliphatic rings. The summed E-state index contributed by atoms with van der Waals surface area (Å²) in [4.78, 5) is 0. The number of unbranched alkanes of at least 4 members (excludes halogenated alkanes) is 3. The molecule has 4 aromatic heterocycles. The molecule has 60 heavy (non-hydrogen) atoms. The number of hydrogen-bond acceptors (Lipinski definition) is 0.